The van der Waals surface area contributed by atoms with Crippen molar-refractivity contribution in [2.45, 2.75) is 44.0 Å². The van der Waals surface area contributed by atoms with Crippen molar-refractivity contribution < 1.29 is 32.3 Å². The first kappa shape index (κ1) is 26.2. The lowest BCUT2D eigenvalue weighted by Gasteiger charge is -2.24. The van der Waals surface area contributed by atoms with Crippen LogP contribution in [0.5, 0.6) is 5.75 Å². The van der Waals surface area contributed by atoms with Gasteiger partial charge in [0.2, 0.25) is 10.0 Å². The summed E-state index contributed by atoms with van der Waals surface area (Å²) in [4.78, 5) is 27.6. The SMILES string of the molecule is COc1ccc(/C(O)=C2/C(=O)C(=O)N(c3ccc(S(N)(=O)=O)cc3)C2c2ccc(C)o2)cc1C(C)(C)C. The molecule has 0 aliphatic carbocycles. The summed E-state index contributed by atoms with van der Waals surface area (Å²) in [5.74, 6) is -0.733. The molecule has 1 aliphatic heterocycles. The highest BCUT2D eigenvalue weighted by Crippen LogP contribution is 2.43. The smallest absolute Gasteiger partial charge is 0.300 e. The molecule has 37 heavy (non-hydrogen) atoms. The molecule has 0 radical (unpaired) electrons. The van der Waals surface area contributed by atoms with Gasteiger partial charge in [-0.2, -0.15) is 0 Å². The first-order valence-corrected chi connectivity index (χ1v) is 13.0. The number of amides is 1. The van der Waals surface area contributed by atoms with Crippen molar-refractivity contribution in [2.75, 3.05) is 12.0 Å². The number of carbonyl (C=O) groups excluding carboxylic acids is 2. The number of aryl methyl sites for hydroxylation is 1. The third kappa shape index (κ3) is 4.77. The van der Waals surface area contributed by atoms with Crippen molar-refractivity contribution in [3.63, 3.8) is 0 Å². The van der Waals surface area contributed by atoms with Gasteiger partial charge in [0.15, 0.2) is 0 Å². The number of primary sulfonamides is 1. The van der Waals surface area contributed by atoms with Crippen molar-refractivity contribution in [3.8, 4) is 5.75 Å². The highest BCUT2D eigenvalue weighted by molar-refractivity contribution is 7.89. The number of hydrogen-bond acceptors (Lipinski definition) is 7. The van der Waals surface area contributed by atoms with Gasteiger partial charge in [-0.3, -0.25) is 14.5 Å². The predicted molar refractivity (Wildman–Crippen MR) is 138 cm³/mol. The van der Waals surface area contributed by atoms with Crippen molar-refractivity contribution >= 4 is 33.2 Å². The second-order valence-corrected chi connectivity index (χ2v) is 11.4. The second kappa shape index (κ2) is 9.20. The number of ketones is 1. The molecule has 0 spiro atoms. The Morgan fingerprint density at radius 3 is 2.22 bits per heavy atom. The van der Waals surface area contributed by atoms with E-state index in [0.29, 0.717) is 17.1 Å². The molecule has 0 bridgehead atoms. The van der Waals surface area contributed by atoms with Gasteiger partial charge in [0.05, 0.1) is 17.6 Å². The number of rotatable bonds is 5. The van der Waals surface area contributed by atoms with Gasteiger partial charge in [0.1, 0.15) is 29.1 Å². The lowest BCUT2D eigenvalue weighted by Crippen LogP contribution is -2.29. The molecule has 1 saturated heterocycles. The number of nitrogens with two attached hydrogens (primary N) is 1. The van der Waals surface area contributed by atoms with Crippen LogP contribution >= 0.6 is 0 Å². The Hall–Kier alpha value is -3.89. The molecule has 9 nitrogen and oxygen atoms in total. The van der Waals surface area contributed by atoms with Crippen LogP contribution in [0.4, 0.5) is 5.69 Å². The third-order valence-corrected chi connectivity index (χ3v) is 7.13. The van der Waals surface area contributed by atoms with E-state index in [1.165, 1.54) is 29.2 Å². The summed E-state index contributed by atoms with van der Waals surface area (Å²) < 4.78 is 34.7. The number of Topliss-reactive ketones (excluding diaryl/α,β-unsaturated/α-hetero) is 1. The Bertz CT molecular complexity index is 1530. The molecular weight excluding hydrogens is 496 g/mol. The standard InChI is InChI=1S/C27H28N2O7S/c1-15-6-12-21(36-15)23-22(24(30)16-7-13-20(35-5)19(14-16)27(2,3)4)25(31)26(32)29(23)17-8-10-18(11-9-17)37(28,33)34/h6-14,23,30H,1-5H3,(H2,28,33,34)/b24-22-. The molecule has 1 fully saturated rings. The number of methoxy groups -OCH3 is 1. The van der Waals surface area contributed by atoms with Crippen molar-refractivity contribution in [1.29, 1.82) is 0 Å². The number of benzene rings is 2. The maximum Gasteiger partial charge on any atom is 0.300 e. The highest BCUT2D eigenvalue weighted by atomic mass is 32.2. The van der Waals surface area contributed by atoms with Gasteiger partial charge in [-0.05, 0) is 66.9 Å². The van der Waals surface area contributed by atoms with Gasteiger partial charge >= 0.3 is 0 Å². The van der Waals surface area contributed by atoms with Crippen LogP contribution in [0.2, 0.25) is 0 Å². The van der Waals surface area contributed by atoms with E-state index >= 15 is 0 Å². The minimum atomic E-state index is -3.96. The third-order valence-electron chi connectivity index (χ3n) is 6.20. The van der Waals surface area contributed by atoms with Crippen molar-refractivity contribution in [1.82, 2.24) is 0 Å². The van der Waals surface area contributed by atoms with Crippen LogP contribution in [-0.4, -0.2) is 32.3 Å². The van der Waals surface area contributed by atoms with Crippen LogP contribution in [0.15, 0.2) is 69.5 Å². The molecule has 10 heteroatoms. The Morgan fingerprint density at radius 2 is 1.70 bits per heavy atom. The summed E-state index contributed by atoms with van der Waals surface area (Å²) in [6, 6.07) is 12.5. The Morgan fingerprint density at radius 1 is 1.05 bits per heavy atom. The molecule has 1 unspecified atom stereocenters. The predicted octanol–water partition coefficient (Wildman–Crippen LogP) is 4.17. The number of aliphatic hydroxyl groups excluding tert-OH is 1. The molecule has 2 heterocycles. The first-order chi connectivity index (χ1) is 17.2. The van der Waals surface area contributed by atoms with E-state index in [1.807, 2.05) is 20.8 Å². The number of ether oxygens (including phenoxy) is 1. The maximum absolute atomic E-state index is 13.3. The Kier molecular flexibility index (Phi) is 6.51. The fourth-order valence-electron chi connectivity index (χ4n) is 4.36. The Balaban J connectivity index is 1.93. The molecule has 194 valence electrons. The summed E-state index contributed by atoms with van der Waals surface area (Å²) in [5.41, 5.74) is 0.882. The van der Waals surface area contributed by atoms with Crippen molar-refractivity contribution in [3.05, 3.63) is 82.8 Å². The lowest BCUT2D eigenvalue weighted by molar-refractivity contribution is -0.132. The van der Waals surface area contributed by atoms with E-state index in [1.54, 1.807) is 44.4 Å². The number of sulfonamides is 1. The first-order valence-electron chi connectivity index (χ1n) is 11.4. The summed E-state index contributed by atoms with van der Waals surface area (Å²) >= 11 is 0. The summed E-state index contributed by atoms with van der Waals surface area (Å²) in [5, 5.41) is 16.6. The van der Waals surface area contributed by atoms with Gasteiger partial charge in [-0.1, -0.05) is 20.8 Å². The summed E-state index contributed by atoms with van der Waals surface area (Å²) in [7, 11) is -2.41. The number of anilines is 1. The van der Waals surface area contributed by atoms with Crippen LogP contribution in [0.25, 0.3) is 5.76 Å². The number of hydrogen-bond donors (Lipinski definition) is 2. The van der Waals surface area contributed by atoms with E-state index in [2.05, 4.69) is 0 Å². The van der Waals surface area contributed by atoms with Crippen LogP contribution in [-0.2, 0) is 25.0 Å². The minimum Gasteiger partial charge on any atom is -0.507 e. The zero-order valence-electron chi connectivity index (χ0n) is 21.1. The van der Waals surface area contributed by atoms with Gasteiger partial charge in [-0.25, -0.2) is 13.6 Å². The molecule has 3 aromatic rings. The largest absolute Gasteiger partial charge is 0.507 e. The molecule has 1 aliphatic rings. The maximum atomic E-state index is 13.3. The van der Waals surface area contributed by atoms with Crippen LogP contribution in [0.3, 0.4) is 0 Å². The van der Waals surface area contributed by atoms with E-state index < -0.39 is 27.8 Å². The minimum absolute atomic E-state index is 0.147. The average molecular weight is 525 g/mol. The molecule has 4 rings (SSSR count). The molecular formula is C27H28N2O7S. The monoisotopic (exact) mass is 524 g/mol. The molecule has 0 saturated carbocycles. The Labute approximate surface area is 215 Å². The van der Waals surface area contributed by atoms with Crippen molar-refractivity contribution in [2.24, 2.45) is 5.14 Å². The molecule has 2 aromatic carbocycles. The highest BCUT2D eigenvalue weighted by Gasteiger charge is 2.48. The van der Waals surface area contributed by atoms with Gasteiger partial charge in [0, 0.05) is 16.8 Å². The van der Waals surface area contributed by atoms with Gasteiger partial charge < -0.3 is 14.3 Å². The zero-order valence-corrected chi connectivity index (χ0v) is 21.9. The number of aliphatic hydroxyl groups is 1. The fraction of sp³-hybridized carbons (Fsp3) is 0.259. The normalized spacial score (nSPS) is 17.9. The van der Waals surface area contributed by atoms with Gasteiger partial charge in [-0.15, -0.1) is 0 Å². The van der Waals surface area contributed by atoms with E-state index in [9.17, 15) is 23.1 Å². The fourth-order valence-corrected chi connectivity index (χ4v) is 4.88. The van der Waals surface area contributed by atoms with Gasteiger partial charge in [0.25, 0.3) is 11.7 Å². The van der Waals surface area contributed by atoms with E-state index in [-0.39, 0.29) is 33.1 Å². The number of nitrogens with zero attached hydrogens (tertiary/aromatic N) is 1. The number of furan rings is 1. The summed E-state index contributed by atoms with van der Waals surface area (Å²) in [6.45, 7) is 7.69. The van der Waals surface area contributed by atoms with Crippen LogP contribution in [0.1, 0.15) is 49.5 Å². The molecule has 1 atom stereocenters. The molecule has 1 amide bonds. The lowest BCUT2D eigenvalue weighted by atomic mass is 9.84. The zero-order chi connectivity index (χ0) is 27.3. The van der Waals surface area contributed by atoms with E-state index in [4.69, 9.17) is 14.3 Å². The topological polar surface area (TPSA) is 140 Å². The second-order valence-electron chi connectivity index (χ2n) is 9.82. The van der Waals surface area contributed by atoms with E-state index in [0.717, 1.165) is 5.56 Å². The number of carbonyl (C=O) groups is 2. The molecule has 1 aromatic heterocycles. The van der Waals surface area contributed by atoms with Crippen LogP contribution in [0, 0.1) is 6.92 Å². The summed E-state index contributed by atoms with van der Waals surface area (Å²) in [6.07, 6.45) is 0. The quantitative estimate of drug-likeness (QED) is 0.290. The molecule has 3 N–H and O–H groups in total. The van der Waals surface area contributed by atoms with Crippen LogP contribution < -0.4 is 14.8 Å². The average Bonchev–Trinajstić information content (AvgIpc) is 3.37.